The minimum atomic E-state index is -0.0292. The molecule has 1 aliphatic heterocycles. The van der Waals surface area contributed by atoms with Crippen molar-refractivity contribution in [3.8, 4) is 0 Å². The molecule has 1 aliphatic carbocycles. The highest BCUT2D eigenvalue weighted by atomic mass is 32.1. The fourth-order valence-electron chi connectivity index (χ4n) is 3.90. The quantitative estimate of drug-likeness (QED) is 0.836. The van der Waals surface area contributed by atoms with Gasteiger partial charge in [-0.1, -0.05) is 30.3 Å². The first-order chi connectivity index (χ1) is 13.7. The van der Waals surface area contributed by atoms with E-state index >= 15 is 0 Å². The number of ether oxygens (including phenoxy) is 1. The molecule has 1 aromatic heterocycles. The van der Waals surface area contributed by atoms with Crippen LogP contribution in [0, 0.1) is 0 Å². The third kappa shape index (κ3) is 4.28. The molecule has 1 fully saturated rings. The van der Waals surface area contributed by atoms with Gasteiger partial charge in [0.25, 0.3) is 5.91 Å². The van der Waals surface area contributed by atoms with Crippen LogP contribution in [0.2, 0.25) is 0 Å². The number of aryl methyl sites for hydroxylation is 2. The fourth-order valence-corrected chi connectivity index (χ4v) is 5.19. The van der Waals surface area contributed by atoms with Crippen molar-refractivity contribution >= 4 is 28.2 Å². The molecule has 2 aromatic rings. The molecule has 148 valence electrons. The second-order valence-corrected chi connectivity index (χ2v) is 8.46. The predicted molar refractivity (Wildman–Crippen MR) is 111 cm³/mol. The summed E-state index contributed by atoms with van der Waals surface area (Å²) >= 11 is 1.59. The summed E-state index contributed by atoms with van der Waals surface area (Å²) in [4.78, 5) is 29.0. The van der Waals surface area contributed by atoms with E-state index in [0.717, 1.165) is 47.4 Å². The van der Waals surface area contributed by atoms with Crippen LogP contribution < -0.4 is 5.32 Å². The Labute approximate surface area is 169 Å². The largest absolute Gasteiger partial charge is 0.378 e. The van der Waals surface area contributed by atoms with Crippen molar-refractivity contribution in [2.75, 3.05) is 31.6 Å². The van der Waals surface area contributed by atoms with Crippen LogP contribution in [-0.2, 0) is 28.8 Å². The summed E-state index contributed by atoms with van der Waals surface area (Å²) in [5.41, 5.74) is 3.04. The van der Waals surface area contributed by atoms with Crippen LogP contribution in [0.3, 0.4) is 0 Å². The van der Waals surface area contributed by atoms with Gasteiger partial charge in [0.05, 0.1) is 18.8 Å². The summed E-state index contributed by atoms with van der Waals surface area (Å²) in [5, 5.41) is 3.80. The molecule has 2 aliphatic rings. The second-order valence-electron chi connectivity index (χ2n) is 7.35. The third-order valence-electron chi connectivity index (χ3n) is 5.42. The van der Waals surface area contributed by atoms with E-state index in [1.54, 1.807) is 11.3 Å². The summed E-state index contributed by atoms with van der Waals surface area (Å²) < 4.78 is 5.39. The number of hydrogen-bond acceptors (Lipinski definition) is 4. The number of thiophene rings is 1. The first-order valence-electron chi connectivity index (χ1n) is 10.1. The highest BCUT2D eigenvalue weighted by Crippen LogP contribution is 2.39. The smallest absolute Gasteiger partial charge is 0.257 e. The molecular formula is C22H26N2O3S. The van der Waals surface area contributed by atoms with Crippen molar-refractivity contribution in [2.24, 2.45) is 0 Å². The van der Waals surface area contributed by atoms with E-state index in [4.69, 9.17) is 4.74 Å². The maximum atomic E-state index is 13.2. The average Bonchev–Trinajstić information content (AvgIpc) is 3.11. The first kappa shape index (κ1) is 19.2. The Morgan fingerprint density at radius 2 is 1.82 bits per heavy atom. The van der Waals surface area contributed by atoms with Crippen molar-refractivity contribution in [2.45, 2.75) is 38.5 Å². The lowest BCUT2D eigenvalue weighted by atomic mass is 9.95. The SMILES string of the molecule is O=C(CCc1ccccc1)Nc1sc2c(c1C(=O)N1CCOCC1)CCCC2. The predicted octanol–water partition coefficient (Wildman–Crippen LogP) is 3.67. The summed E-state index contributed by atoms with van der Waals surface area (Å²) in [7, 11) is 0. The van der Waals surface area contributed by atoms with E-state index in [0.29, 0.717) is 39.1 Å². The third-order valence-corrected chi connectivity index (χ3v) is 6.63. The monoisotopic (exact) mass is 398 g/mol. The maximum Gasteiger partial charge on any atom is 0.257 e. The molecule has 0 spiro atoms. The molecule has 5 nitrogen and oxygen atoms in total. The van der Waals surface area contributed by atoms with Crippen LogP contribution >= 0.6 is 11.3 Å². The van der Waals surface area contributed by atoms with E-state index in [2.05, 4.69) is 5.32 Å². The molecule has 2 amide bonds. The lowest BCUT2D eigenvalue weighted by Crippen LogP contribution is -2.41. The number of anilines is 1. The van der Waals surface area contributed by atoms with Crippen molar-refractivity contribution < 1.29 is 14.3 Å². The molecule has 0 radical (unpaired) electrons. The number of hydrogen-bond donors (Lipinski definition) is 1. The summed E-state index contributed by atoms with van der Waals surface area (Å²) in [6.07, 6.45) is 5.30. The highest BCUT2D eigenvalue weighted by molar-refractivity contribution is 7.17. The Bertz CT molecular complexity index is 841. The number of carbonyl (C=O) groups excluding carboxylic acids is 2. The molecule has 6 heteroatoms. The van der Waals surface area contributed by atoms with Gasteiger partial charge in [-0.15, -0.1) is 11.3 Å². The zero-order valence-electron chi connectivity index (χ0n) is 16.0. The zero-order valence-corrected chi connectivity index (χ0v) is 16.9. The minimum Gasteiger partial charge on any atom is -0.378 e. The molecule has 28 heavy (non-hydrogen) atoms. The van der Waals surface area contributed by atoms with Gasteiger partial charge in [0.2, 0.25) is 5.91 Å². The van der Waals surface area contributed by atoms with Gasteiger partial charge in [-0.05, 0) is 43.2 Å². The van der Waals surface area contributed by atoms with Crippen molar-refractivity contribution in [1.29, 1.82) is 0 Å². The molecule has 2 heterocycles. The van der Waals surface area contributed by atoms with Crippen molar-refractivity contribution in [3.05, 3.63) is 51.9 Å². The number of nitrogens with one attached hydrogen (secondary N) is 1. The van der Waals surface area contributed by atoms with Crippen LogP contribution in [0.4, 0.5) is 5.00 Å². The van der Waals surface area contributed by atoms with Crippen LogP contribution in [-0.4, -0.2) is 43.0 Å². The molecule has 0 atom stereocenters. The van der Waals surface area contributed by atoms with Crippen LogP contribution in [0.1, 0.15) is 45.6 Å². The number of benzene rings is 1. The van der Waals surface area contributed by atoms with E-state index in [1.807, 2.05) is 35.2 Å². The Kier molecular flexibility index (Phi) is 6.07. The van der Waals surface area contributed by atoms with Gasteiger partial charge in [0.15, 0.2) is 0 Å². The summed E-state index contributed by atoms with van der Waals surface area (Å²) in [6, 6.07) is 10.0. The van der Waals surface area contributed by atoms with E-state index < -0.39 is 0 Å². The molecule has 0 bridgehead atoms. The van der Waals surface area contributed by atoms with Crippen LogP contribution in [0.15, 0.2) is 30.3 Å². The van der Waals surface area contributed by atoms with Crippen LogP contribution in [0.5, 0.6) is 0 Å². The van der Waals surface area contributed by atoms with Gasteiger partial charge < -0.3 is 15.0 Å². The average molecular weight is 399 g/mol. The molecule has 0 saturated carbocycles. The van der Waals surface area contributed by atoms with E-state index in [-0.39, 0.29) is 11.8 Å². The minimum absolute atomic E-state index is 0.0292. The molecule has 0 unspecified atom stereocenters. The molecule has 1 saturated heterocycles. The van der Waals surface area contributed by atoms with Gasteiger partial charge >= 0.3 is 0 Å². The molecular weight excluding hydrogens is 372 g/mol. The Morgan fingerprint density at radius 3 is 2.61 bits per heavy atom. The lowest BCUT2D eigenvalue weighted by Gasteiger charge is -2.27. The van der Waals surface area contributed by atoms with Gasteiger partial charge in [-0.3, -0.25) is 9.59 Å². The van der Waals surface area contributed by atoms with Crippen LogP contribution in [0.25, 0.3) is 0 Å². The van der Waals surface area contributed by atoms with Gasteiger partial charge in [-0.2, -0.15) is 0 Å². The lowest BCUT2D eigenvalue weighted by molar-refractivity contribution is -0.116. The van der Waals surface area contributed by atoms with Gasteiger partial charge in [0.1, 0.15) is 5.00 Å². The maximum absolute atomic E-state index is 13.2. The number of nitrogens with zero attached hydrogens (tertiary/aromatic N) is 1. The first-order valence-corrected chi connectivity index (χ1v) is 10.9. The molecule has 4 rings (SSSR count). The van der Waals surface area contributed by atoms with E-state index in [1.165, 1.54) is 4.88 Å². The number of morpholine rings is 1. The topological polar surface area (TPSA) is 58.6 Å². The van der Waals surface area contributed by atoms with E-state index in [9.17, 15) is 9.59 Å². The number of carbonyl (C=O) groups is 2. The van der Waals surface area contributed by atoms with Gasteiger partial charge in [0, 0.05) is 24.4 Å². The normalized spacial score (nSPS) is 16.5. The zero-order chi connectivity index (χ0) is 19.3. The summed E-state index contributed by atoms with van der Waals surface area (Å²) in [5.74, 6) is 0.0135. The second kappa shape index (κ2) is 8.88. The highest BCUT2D eigenvalue weighted by Gasteiger charge is 2.29. The Hall–Kier alpha value is -2.18. The van der Waals surface area contributed by atoms with Gasteiger partial charge in [-0.25, -0.2) is 0 Å². The molecule has 1 aromatic carbocycles. The van der Waals surface area contributed by atoms with Crippen molar-refractivity contribution in [3.63, 3.8) is 0 Å². The Morgan fingerprint density at radius 1 is 1.07 bits per heavy atom. The fraction of sp³-hybridized carbons (Fsp3) is 0.455. The molecule has 1 N–H and O–H groups in total. The Balaban J connectivity index is 1.51. The number of amides is 2. The number of rotatable bonds is 5. The van der Waals surface area contributed by atoms with Crippen molar-refractivity contribution in [1.82, 2.24) is 4.90 Å². The summed E-state index contributed by atoms with van der Waals surface area (Å²) in [6.45, 7) is 2.39. The standard InChI is InChI=1S/C22H26N2O3S/c25-19(11-10-16-6-2-1-3-7-16)23-21-20(17-8-4-5-9-18(17)28-21)22(26)24-12-14-27-15-13-24/h1-3,6-7H,4-5,8-15H2,(H,23,25). The number of fused-ring (bicyclic) bond motifs is 1.